The summed E-state index contributed by atoms with van der Waals surface area (Å²) in [5.74, 6) is -0.628. The Bertz CT molecular complexity index is 783. The molecule has 2 aliphatic carbocycles. The average molecular weight is 414 g/mol. The molecule has 0 amide bonds. The Hall–Kier alpha value is -1.30. The molecule has 0 radical (unpaired) electrons. The highest BCUT2D eigenvalue weighted by molar-refractivity contribution is 8.03. The van der Waals surface area contributed by atoms with Gasteiger partial charge in [0.2, 0.25) is 0 Å². The van der Waals surface area contributed by atoms with E-state index >= 15 is 0 Å². The lowest BCUT2D eigenvalue weighted by Crippen LogP contribution is -2.65. The number of hydrogen-bond donors (Lipinski definition) is 2. The standard InChI is InChI=1S/C24H31NO3S/c26-22(27)24(28,23(13-6-14-29-23)19-9-4-5-10-19)21-18-11-12-20(21)25(16-18)15-17-7-2-1-3-8-17/h1-3,6-8,14,18-21,28H,4-5,9-13,15-16H2,(H,26,27). The molecule has 5 unspecified atom stereocenters. The number of nitrogens with zero attached hydrogens (tertiary/aromatic N) is 1. The minimum Gasteiger partial charge on any atom is -0.479 e. The van der Waals surface area contributed by atoms with Crippen LogP contribution in [0.5, 0.6) is 0 Å². The zero-order valence-corrected chi connectivity index (χ0v) is 17.7. The van der Waals surface area contributed by atoms with Crippen molar-refractivity contribution < 1.29 is 15.0 Å². The molecule has 2 bridgehead atoms. The van der Waals surface area contributed by atoms with Gasteiger partial charge in [-0.1, -0.05) is 49.2 Å². The summed E-state index contributed by atoms with van der Waals surface area (Å²) in [5.41, 5.74) is -0.409. The summed E-state index contributed by atoms with van der Waals surface area (Å²) in [6.07, 6.45) is 9.20. The van der Waals surface area contributed by atoms with Crippen LogP contribution in [0.3, 0.4) is 0 Å². The van der Waals surface area contributed by atoms with E-state index < -0.39 is 16.3 Å². The summed E-state index contributed by atoms with van der Waals surface area (Å²) >= 11 is 1.62. The molecule has 29 heavy (non-hydrogen) atoms. The topological polar surface area (TPSA) is 60.8 Å². The first-order chi connectivity index (χ1) is 14.1. The molecule has 5 heteroatoms. The van der Waals surface area contributed by atoms with Gasteiger partial charge in [-0.2, -0.15) is 0 Å². The minimum atomic E-state index is -1.67. The van der Waals surface area contributed by atoms with Crippen LogP contribution in [0.2, 0.25) is 0 Å². The van der Waals surface area contributed by atoms with Crippen LogP contribution in [0.15, 0.2) is 41.8 Å². The molecule has 2 aliphatic heterocycles. The van der Waals surface area contributed by atoms with Crippen molar-refractivity contribution >= 4 is 17.7 Å². The fourth-order valence-electron chi connectivity index (χ4n) is 6.99. The quantitative estimate of drug-likeness (QED) is 0.728. The van der Waals surface area contributed by atoms with Gasteiger partial charge in [-0.05, 0) is 54.9 Å². The fraction of sp³-hybridized carbons (Fsp3) is 0.625. The van der Waals surface area contributed by atoms with E-state index in [2.05, 4.69) is 35.2 Å². The van der Waals surface area contributed by atoms with Crippen LogP contribution >= 0.6 is 11.8 Å². The molecule has 2 heterocycles. The third-order valence-corrected chi connectivity index (χ3v) is 9.75. The fourth-order valence-corrected chi connectivity index (χ4v) is 8.45. The van der Waals surface area contributed by atoms with Crippen molar-refractivity contribution in [3.63, 3.8) is 0 Å². The molecule has 4 aliphatic rings. The van der Waals surface area contributed by atoms with Gasteiger partial charge in [0.05, 0.1) is 4.75 Å². The number of hydrogen-bond acceptors (Lipinski definition) is 4. The molecule has 5 rings (SSSR count). The van der Waals surface area contributed by atoms with Crippen molar-refractivity contribution in [1.29, 1.82) is 0 Å². The van der Waals surface area contributed by atoms with Crippen molar-refractivity contribution in [3.05, 3.63) is 47.4 Å². The van der Waals surface area contributed by atoms with E-state index in [-0.39, 0.29) is 23.8 Å². The predicted molar refractivity (Wildman–Crippen MR) is 115 cm³/mol. The Morgan fingerprint density at radius 2 is 1.93 bits per heavy atom. The normalized spacial score (nSPS) is 36.7. The molecule has 4 nitrogen and oxygen atoms in total. The van der Waals surface area contributed by atoms with Crippen LogP contribution in [-0.4, -0.2) is 44.0 Å². The summed E-state index contributed by atoms with van der Waals surface area (Å²) in [7, 11) is 0. The van der Waals surface area contributed by atoms with Gasteiger partial charge < -0.3 is 10.2 Å². The zero-order chi connectivity index (χ0) is 20.1. The third kappa shape index (κ3) is 2.92. The number of likely N-dealkylation sites (tertiary alicyclic amines) is 1. The number of thioether (sulfide) groups is 1. The van der Waals surface area contributed by atoms with Crippen LogP contribution < -0.4 is 0 Å². The van der Waals surface area contributed by atoms with Crippen LogP contribution in [0.25, 0.3) is 0 Å². The molecule has 0 spiro atoms. The second-order valence-corrected chi connectivity index (χ2v) is 10.7. The van der Waals surface area contributed by atoms with Crippen molar-refractivity contribution in [2.45, 2.75) is 67.9 Å². The number of allylic oxidation sites excluding steroid dienone is 1. The number of fused-ring (bicyclic) bond motifs is 2. The number of rotatable bonds is 6. The van der Waals surface area contributed by atoms with Gasteiger partial charge in [0.1, 0.15) is 0 Å². The highest BCUT2D eigenvalue weighted by Gasteiger charge is 2.69. The summed E-state index contributed by atoms with van der Waals surface area (Å²) in [6.45, 7) is 1.74. The summed E-state index contributed by atoms with van der Waals surface area (Å²) in [5, 5.41) is 24.7. The van der Waals surface area contributed by atoms with Crippen LogP contribution in [0.4, 0.5) is 0 Å². The summed E-state index contributed by atoms with van der Waals surface area (Å²) < 4.78 is -0.608. The highest BCUT2D eigenvalue weighted by Crippen LogP contribution is 2.61. The van der Waals surface area contributed by atoms with Crippen molar-refractivity contribution in [1.82, 2.24) is 4.90 Å². The molecule has 1 aromatic rings. The maximum atomic E-state index is 12.8. The zero-order valence-electron chi connectivity index (χ0n) is 16.9. The Morgan fingerprint density at radius 1 is 1.17 bits per heavy atom. The van der Waals surface area contributed by atoms with Gasteiger partial charge in [-0.25, -0.2) is 4.79 Å². The van der Waals surface area contributed by atoms with E-state index in [0.29, 0.717) is 6.42 Å². The second-order valence-electron chi connectivity index (χ2n) is 9.48. The largest absolute Gasteiger partial charge is 0.479 e. The lowest BCUT2D eigenvalue weighted by Gasteiger charge is -2.49. The predicted octanol–water partition coefficient (Wildman–Crippen LogP) is 4.29. The molecule has 0 aromatic heterocycles. The van der Waals surface area contributed by atoms with Crippen LogP contribution in [0.1, 0.15) is 50.5 Å². The molecule has 156 valence electrons. The smallest absolute Gasteiger partial charge is 0.337 e. The molecule has 1 aromatic carbocycles. The number of piperidine rings is 1. The van der Waals surface area contributed by atoms with E-state index in [4.69, 9.17) is 0 Å². The van der Waals surface area contributed by atoms with Gasteiger partial charge in [-0.3, -0.25) is 4.90 Å². The third-order valence-electron chi connectivity index (χ3n) is 8.19. The second kappa shape index (κ2) is 7.44. The lowest BCUT2D eigenvalue weighted by atomic mass is 9.65. The van der Waals surface area contributed by atoms with Crippen molar-refractivity contribution in [3.8, 4) is 0 Å². The first-order valence-electron chi connectivity index (χ1n) is 11.1. The Labute approximate surface area is 177 Å². The number of benzene rings is 1. The van der Waals surface area contributed by atoms with E-state index in [1.54, 1.807) is 11.8 Å². The average Bonchev–Trinajstić information content (AvgIpc) is 3.51. The van der Waals surface area contributed by atoms with Crippen LogP contribution in [-0.2, 0) is 11.3 Å². The van der Waals surface area contributed by atoms with Crippen LogP contribution in [0, 0.1) is 17.8 Å². The minimum absolute atomic E-state index is 0.154. The van der Waals surface area contributed by atoms with Gasteiger partial charge in [0.15, 0.2) is 5.60 Å². The van der Waals surface area contributed by atoms with Crippen molar-refractivity contribution in [2.24, 2.45) is 17.8 Å². The Morgan fingerprint density at radius 3 is 2.59 bits per heavy atom. The molecule has 2 N–H and O–H groups in total. The summed E-state index contributed by atoms with van der Waals surface area (Å²) in [6, 6.07) is 10.6. The molecule has 3 fully saturated rings. The molecule has 2 saturated carbocycles. The highest BCUT2D eigenvalue weighted by atomic mass is 32.2. The number of aliphatic hydroxyl groups is 1. The van der Waals surface area contributed by atoms with Gasteiger partial charge >= 0.3 is 5.97 Å². The number of carboxylic acid groups (broad SMARTS) is 1. The lowest BCUT2D eigenvalue weighted by molar-refractivity contribution is -0.175. The van der Waals surface area contributed by atoms with E-state index in [9.17, 15) is 15.0 Å². The maximum Gasteiger partial charge on any atom is 0.337 e. The number of carbonyl (C=O) groups is 1. The van der Waals surface area contributed by atoms with E-state index in [0.717, 1.165) is 51.6 Å². The number of carboxylic acids is 1. The summed E-state index contributed by atoms with van der Waals surface area (Å²) in [4.78, 5) is 15.3. The van der Waals surface area contributed by atoms with E-state index in [1.807, 2.05) is 11.5 Å². The molecular formula is C24H31NO3S. The van der Waals surface area contributed by atoms with Crippen molar-refractivity contribution in [2.75, 3.05) is 6.54 Å². The van der Waals surface area contributed by atoms with Gasteiger partial charge in [0, 0.05) is 25.0 Å². The van der Waals surface area contributed by atoms with Gasteiger partial charge in [0.25, 0.3) is 0 Å². The Kier molecular flexibility index (Phi) is 5.04. The molecular weight excluding hydrogens is 382 g/mol. The number of aliphatic carboxylic acids is 1. The van der Waals surface area contributed by atoms with E-state index in [1.165, 1.54) is 5.56 Å². The first-order valence-corrected chi connectivity index (χ1v) is 12.0. The molecule has 1 saturated heterocycles. The SMILES string of the molecule is O=C(O)C(O)(C1C2CCC1N(Cc1ccccc1)C2)C1(C2CCCC2)CC=CS1. The molecule has 5 atom stereocenters. The maximum absolute atomic E-state index is 12.8. The van der Waals surface area contributed by atoms with Gasteiger partial charge in [-0.15, -0.1) is 11.8 Å². The Balaban J connectivity index is 1.49. The monoisotopic (exact) mass is 413 g/mol. The first kappa shape index (κ1) is 19.7.